The fraction of sp³-hybridized carbons (Fsp3) is 0.0833. The first-order valence-electron chi connectivity index (χ1n) is 5.01. The van der Waals surface area contributed by atoms with Gasteiger partial charge in [-0.25, -0.2) is 0 Å². The van der Waals surface area contributed by atoms with Crippen molar-refractivity contribution in [2.45, 2.75) is 6.36 Å². The SMILES string of the molecule is O=C(c1ccc(Cl)o1)c1ccccc1OC(F)(F)F. The smallest absolute Gasteiger partial charge is 0.441 e. The zero-order valence-corrected chi connectivity index (χ0v) is 9.96. The summed E-state index contributed by atoms with van der Waals surface area (Å²) < 4.78 is 45.3. The molecule has 1 aromatic carbocycles. The van der Waals surface area contributed by atoms with Gasteiger partial charge in [-0.1, -0.05) is 12.1 Å². The van der Waals surface area contributed by atoms with E-state index >= 15 is 0 Å². The highest BCUT2D eigenvalue weighted by Gasteiger charge is 2.33. The highest BCUT2D eigenvalue weighted by atomic mass is 35.5. The standard InChI is InChI=1S/C12H6ClF3O3/c13-10-6-5-9(18-10)11(17)7-3-1-2-4-8(7)19-12(14,15)16/h1-6H. The summed E-state index contributed by atoms with van der Waals surface area (Å²) in [5.41, 5.74) is -0.258. The summed E-state index contributed by atoms with van der Waals surface area (Å²) in [5.74, 6) is -1.50. The van der Waals surface area contributed by atoms with Crippen LogP contribution in [-0.4, -0.2) is 12.1 Å². The Labute approximate surface area is 110 Å². The Bertz CT molecular complexity index is 604. The molecule has 0 saturated carbocycles. The van der Waals surface area contributed by atoms with Crippen molar-refractivity contribution in [3.05, 3.63) is 52.9 Å². The van der Waals surface area contributed by atoms with Gasteiger partial charge < -0.3 is 9.15 Å². The molecular formula is C12H6ClF3O3. The molecule has 0 amide bonds. The van der Waals surface area contributed by atoms with Crippen LogP contribution in [0.5, 0.6) is 5.75 Å². The average molecular weight is 291 g/mol. The van der Waals surface area contributed by atoms with Crippen molar-refractivity contribution < 1.29 is 27.1 Å². The number of benzene rings is 1. The molecule has 0 aliphatic rings. The van der Waals surface area contributed by atoms with Gasteiger partial charge in [-0.3, -0.25) is 4.79 Å². The number of ketones is 1. The fourth-order valence-electron chi connectivity index (χ4n) is 1.44. The second kappa shape index (κ2) is 4.97. The summed E-state index contributed by atoms with van der Waals surface area (Å²) in [6.07, 6.45) is -4.88. The van der Waals surface area contributed by atoms with Gasteiger partial charge in [0.05, 0.1) is 5.56 Å². The van der Waals surface area contributed by atoms with E-state index in [-0.39, 0.29) is 16.5 Å². The highest BCUT2D eigenvalue weighted by molar-refractivity contribution is 6.29. The first kappa shape index (κ1) is 13.5. The predicted octanol–water partition coefficient (Wildman–Crippen LogP) is 4.06. The lowest BCUT2D eigenvalue weighted by Crippen LogP contribution is -2.19. The third kappa shape index (κ3) is 3.29. The van der Waals surface area contributed by atoms with E-state index in [1.54, 1.807) is 0 Å². The van der Waals surface area contributed by atoms with E-state index < -0.39 is 17.9 Å². The Morgan fingerprint density at radius 2 is 1.84 bits per heavy atom. The van der Waals surface area contributed by atoms with Crippen molar-refractivity contribution >= 4 is 17.4 Å². The number of hydrogen-bond donors (Lipinski definition) is 0. The summed E-state index contributed by atoms with van der Waals surface area (Å²) in [5, 5.41) is -0.0300. The number of hydrogen-bond acceptors (Lipinski definition) is 3. The molecule has 0 fully saturated rings. The Morgan fingerprint density at radius 3 is 2.42 bits per heavy atom. The molecule has 2 aromatic rings. The van der Waals surface area contributed by atoms with Crippen molar-refractivity contribution in [1.29, 1.82) is 0 Å². The monoisotopic (exact) mass is 290 g/mol. The zero-order chi connectivity index (χ0) is 14.0. The molecule has 100 valence electrons. The maximum absolute atomic E-state index is 12.2. The molecule has 0 spiro atoms. The number of alkyl halides is 3. The molecular weight excluding hydrogens is 285 g/mol. The van der Waals surface area contributed by atoms with Crippen LogP contribution < -0.4 is 4.74 Å². The van der Waals surface area contributed by atoms with Gasteiger partial charge in [0.25, 0.3) is 0 Å². The lowest BCUT2D eigenvalue weighted by Gasteiger charge is -2.11. The zero-order valence-electron chi connectivity index (χ0n) is 9.20. The normalized spacial score (nSPS) is 11.4. The number of rotatable bonds is 3. The van der Waals surface area contributed by atoms with E-state index in [1.165, 1.54) is 30.3 Å². The molecule has 2 rings (SSSR count). The molecule has 1 aromatic heterocycles. The molecule has 0 atom stereocenters. The van der Waals surface area contributed by atoms with Crippen LogP contribution in [0.2, 0.25) is 5.22 Å². The Morgan fingerprint density at radius 1 is 1.16 bits per heavy atom. The van der Waals surface area contributed by atoms with E-state index in [2.05, 4.69) is 4.74 Å². The number of ether oxygens (including phenoxy) is 1. The molecule has 0 aliphatic carbocycles. The summed E-state index contributed by atoms with van der Waals surface area (Å²) in [6, 6.07) is 7.59. The minimum absolute atomic E-state index is 0.0300. The molecule has 7 heteroatoms. The average Bonchev–Trinajstić information content (AvgIpc) is 2.74. The van der Waals surface area contributed by atoms with Crippen LogP contribution in [0.4, 0.5) is 13.2 Å². The van der Waals surface area contributed by atoms with E-state index in [0.29, 0.717) is 0 Å². The van der Waals surface area contributed by atoms with E-state index in [9.17, 15) is 18.0 Å². The Hall–Kier alpha value is -1.95. The number of halogens is 4. The van der Waals surface area contributed by atoms with Crippen LogP contribution >= 0.6 is 11.6 Å². The third-order valence-electron chi connectivity index (χ3n) is 2.15. The molecule has 0 bridgehead atoms. The molecule has 0 N–H and O–H groups in total. The van der Waals surface area contributed by atoms with E-state index in [1.807, 2.05) is 0 Å². The molecule has 0 aliphatic heterocycles. The third-order valence-corrected chi connectivity index (χ3v) is 2.36. The van der Waals surface area contributed by atoms with Gasteiger partial charge in [0.1, 0.15) is 5.75 Å². The second-order valence-corrected chi connectivity index (χ2v) is 3.85. The van der Waals surface area contributed by atoms with Gasteiger partial charge in [0, 0.05) is 0 Å². The van der Waals surface area contributed by atoms with Crippen LogP contribution in [0, 0.1) is 0 Å². The van der Waals surface area contributed by atoms with E-state index in [4.69, 9.17) is 16.0 Å². The van der Waals surface area contributed by atoms with Gasteiger partial charge in [0.15, 0.2) is 11.0 Å². The number of carbonyl (C=O) groups excluding carboxylic acids is 1. The first-order valence-corrected chi connectivity index (χ1v) is 5.39. The van der Waals surface area contributed by atoms with Gasteiger partial charge in [0.2, 0.25) is 5.78 Å². The van der Waals surface area contributed by atoms with Crippen molar-refractivity contribution in [3.8, 4) is 5.75 Å². The minimum atomic E-state index is -4.88. The van der Waals surface area contributed by atoms with Gasteiger partial charge in [-0.15, -0.1) is 13.2 Å². The summed E-state index contributed by atoms with van der Waals surface area (Å²) in [6.45, 7) is 0. The van der Waals surface area contributed by atoms with Crippen LogP contribution in [0.1, 0.15) is 16.1 Å². The summed E-state index contributed by atoms with van der Waals surface area (Å²) in [7, 11) is 0. The molecule has 0 saturated heterocycles. The van der Waals surface area contributed by atoms with Gasteiger partial charge >= 0.3 is 6.36 Å². The van der Waals surface area contributed by atoms with Crippen LogP contribution in [-0.2, 0) is 0 Å². The molecule has 3 nitrogen and oxygen atoms in total. The fourth-order valence-corrected chi connectivity index (χ4v) is 1.58. The van der Waals surface area contributed by atoms with Crippen molar-refractivity contribution in [1.82, 2.24) is 0 Å². The lowest BCUT2D eigenvalue weighted by molar-refractivity contribution is -0.274. The van der Waals surface area contributed by atoms with Crippen LogP contribution in [0.25, 0.3) is 0 Å². The number of para-hydroxylation sites is 1. The van der Waals surface area contributed by atoms with Crippen molar-refractivity contribution in [3.63, 3.8) is 0 Å². The summed E-state index contributed by atoms with van der Waals surface area (Å²) in [4.78, 5) is 12.0. The lowest BCUT2D eigenvalue weighted by atomic mass is 10.1. The van der Waals surface area contributed by atoms with Crippen molar-refractivity contribution in [2.24, 2.45) is 0 Å². The molecule has 0 unspecified atom stereocenters. The van der Waals surface area contributed by atoms with Gasteiger partial charge in [-0.05, 0) is 35.9 Å². The first-order chi connectivity index (χ1) is 8.87. The Balaban J connectivity index is 2.37. The molecule has 0 radical (unpaired) electrons. The topological polar surface area (TPSA) is 39.4 Å². The van der Waals surface area contributed by atoms with Crippen molar-refractivity contribution in [2.75, 3.05) is 0 Å². The Kier molecular flexibility index (Phi) is 3.53. The highest BCUT2D eigenvalue weighted by Crippen LogP contribution is 2.28. The quantitative estimate of drug-likeness (QED) is 0.800. The van der Waals surface area contributed by atoms with Crippen LogP contribution in [0.15, 0.2) is 40.8 Å². The predicted molar refractivity (Wildman–Crippen MR) is 60.3 cm³/mol. The number of carbonyl (C=O) groups is 1. The number of furan rings is 1. The minimum Gasteiger partial charge on any atom is -0.441 e. The largest absolute Gasteiger partial charge is 0.573 e. The molecule has 1 heterocycles. The molecule has 19 heavy (non-hydrogen) atoms. The van der Waals surface area contributed by atoms with E-state index in [0.717, 1.165) is 6.07 Å². The maximum atomic E-state index is 12.2. The summed E-state index contributed by atoms with van der Waals surface area (Å²) >= 11 is 5.51. The van der Waals surface area contributed by atoms with Crippen LogP contribution in [0.3, 0.4) is 0 Å². The van der Waals surface area contributed by atoms with Gasteiger partial charge in [-0.2, -0.15) is 0 Å². The second-order valence-electron chi connectivity index (χ2n) is 3.48. The maximum Gasteiger partial charge on any atom is 0.573 e.